The zero-order chi connectivity index (χ0) is 24.3. The van der Waals surface area contributed by atoms with E-state index >= 15 is 0 Å². The van der Waals surface area contributed by atoms with E-state index in [2.05, 4.69) is 4.98 Å². The number of nitrogens with two attached hydrogens (primary N) is 1. The van der Waals surface area contributed by atoms with Crippen LogP contribution in [0, 0.1) is 17.6 Å². The molecular formula is C24H23F2N3O4. The summed E-state index contributed by atoms with van der Waals surface area (Å²) in [6.07, 6.45) is 4.28. The molecule has 0 aliphatic heterocycles. The number of carbonyl (C=O) groups excluding carboxylic acids is 2. The van der Waals surface area contributed by atoms with Gasteiger partial charge < -0.3 is 10.9 Å². The van der Waals surface area contributed by atoms with Crippen LogP contribution in [0.4, 0.5) is 14.5 Å². The molecule has 0 bridgehead atoms. The molecule has 0 spiro atoms. The Labute approximate surface area is 188 Å². The predicted octanol–water partition coefficient (Wildman–Crippen LogP) is 3.94. The van der Waals surface area contributed by atoms with Gasteiger partial charge in [0.2, 0.25) is 0 Å². The van der Waals surface area contributed by atoms with E-state index in [9.17, 15) is 28.4 Å². The lowest BCUT2D eigenvalue weighted by Gasteiger charge is -2.11. The highest BCUT2D eigenvalue weighted by molar-refractivity contribution is 6.07. The fraction of sp³-hybridized carbons (Fsp3) is 0.250. The van der Waals surface area contributed by atoms with Crippen molar-refractivity contribution in [2.24, 2.45) is 5.92 Å². The SMILES string of the molecule is CC(C)CC(=O)/C=C/c1cnc2c(c1)c(N)c(C(=O)CCc1ccc(F)cc1F)c(=O)n2O. The first kappa shape index (κ1) is 23.8. The molecule has 2 aromatic heterocycles. The fourth-order valence-corrected chi connectivity index (χ4v) is 3.41. The second-order valence-electron chi connectivity index (χ2n) is 8.10. The summed E-state index contributed by atoms with van der Waals surface area (Å²) in [4.78, 5) is 41.3. The molecule has 3 N–H and O–H groups in total. The Morgan fingerprint density at radius 3 is 2.64 bits per heavy atom. The smallest absolute Gasteiger partial charge is 0.297 e. The van der Waals surface area contributed by atoms with Crippen LogP contribution in [-0.2, 0) is 11.2 Å². The third-order valence-electron chi connectivity index (χ3n) is 5.04. The quantitative estimate of drug-likeness (QED) is 0.302. The zero-order valence-corrected chi connectivity index (χ0v) is 18.1. The van der Waals surface area contributed by atoms with Crippen molar-refractivity contribution >= 4 is 34.4 Å². The summed E-state index contributed by atoms with van der Waals surface area (Å²) in [5.41, 5.74) is 4.86. The summed E-state index contributed by atoms with van der Waals surface area (Å²) in [7, 11) is 0. The second kappa shape index (κ2) is 9.72. The summed E-state index contributed by atoms with van der Waals surface area (Å²) in [6, 6.07) is 4.49. The van der Waals surface area contributed by atoms with Crippen LogP contribution in [0.5, 0.6) is 0 Å². The van der Waals surface area contributed by atoms with Crippen LogP contribution in [0.2, 0.25) is 0 Å². The van der Waals surface area contributed by atoms with E-state index in [1.807, 2.05) is 13.8 Å². The van der Waals surface area contributed by atoms with Crippen molar-refractivity contribution in [3.05, 3.63) is 75.2 Å². The van der Waals surface area contributed by atoms with Gasteiger partial charge in [0.05, 0.1) is 5.69 Å². The van der Waals surface area contributed by atoms with E-state index in [-0.39, 0.29) is 51.6 Å². The number of hydrogen-bond donors (Lipinski definition) is 2. The third kappa shape index (κ3) is 5.31. The van der Waals surface area contributed by atoms with Crippen LogP contribution < -0.4 is 11.3 Å². The average molecular weight is 455 g/mol. The lowest BCUT2D eigenvalue weighted by atomic mass is 10.0. The van der Waals surface area contributed by atoms with E-state index in [0.29, 0.717) is 18.1 Å². The van der Waals surface area contributed by atoms with Crippen LogP contribution in [0.25, 0.3) is 17.1 Å². The Morgan fingerprint density at radius 2 is 1.97 bits per heavy atom. The monoisotopic (exact) mass is 455 g/mol. The highest BCUT2D eigenvalue weighted by atomic mass is 19.1. The topological polar surface area (TPSA) is 115 Å². The minimum atomic E-state index is -1.05. The molecule has 1 aromatic carbocycles. The number of allylic oxidation sites excluding steroid dienone is 1. The van der Waals surface area contributed by atoms with Gasteiger partial charge in [0.15, 0.2) is 17.2 Å². The number of halogens is 2. The van der Waals surface area contributed by atoms with Gasteiger partial charge in [-0.1, -0.05) is 19.9 Å². The van der Waals surface area contributed by atoms with Crippen LogP contribution in [0.3, 0.4) is 0 Å². The van der Waals surface area contributed by atoms with Crippen LogP contribution in [0.15, 0.2) is 41.3 Å². The summed E-state index contributed by atoms with van der Waals surface area (Å²) >= 11 is 0. The molecular weight excluding hydrogens is 432 g/mol. The molecule has 172 valence electrons. The van der Waals surface area contributed by atoms with Gasteiger partial charge in [-0.3, -0.25) is 14.4 Å². The molecule has 0 radical (unpaired) electrons. The lowest BCUT2D eigenvalue weighted by molar-refractivity contribution is -0.115. The number of pyridine rings is 2. The Balaban J connectivity index is 1.94. The minimum Gasteiger partial charge on any atom is -0.423 e. The van der Waals surface area contributed by atoms with Crippen molar-refractivity contribution in [1.82, 2.24) is 9.71 Å². The molecule has 0 aliphatic rings. The Bertz CT molecular complexity index is 1330. The maximum Gasteiger partial charge on any atom is 0.297 e. The van der Waals surface area contributed by atoms with Crippen LogP contribution in [0.1, 0.15) is 48.2 Å². The van der Waals surface area contributed by atoms with Gasteiger partial charge in [0, 0.05) is 30.5 Å². The van der Waals surface area contributed by atoms with Crippen LogP contribution in [-0.4, -0.2) is 26.5 Å². The largest absolute Gasteiger partial charge is 0.423 e. The molecule has 2 heterocycles. The molecule has 9 heteroatoms. The number of carbonyl (C=O) groups is 2. The second-order valence-corrected chi connectivity index (χ2v) is 8.10. The number of nitrogens with zero attached hydrogens (tertiary/aromatic N) is 2. The van der Waals surface area contributed by atoms with Gasteiger partial charge in [-0.05, 0) is 47.8 Å². The number of anilines is 1. The van der Waals surface area contributed by atoms with Crippen molar-refractivity contribution in [2.75, 3.05) is 5.73 Å². The fourth-order valence-electron chi connectivity index (χ4n) is 3.41. The molecule has 0 aliphatic carbocycles. The summed E-state index contributed by atoms with van der Waals surface area (Å²) in [5.74, 6) is -2.13. The molecule has 0 fully saturated rings. The van der Waals surface area contributed by atoms with E-state index in [1.54, 1.807) is 0 Å². The van der Waals surface area contributed by atoms with Gasteiger partial charge >= 0.3 is 0 Å². The maximum absolute atomic E-state index is 13.9. The summed E-state index contributed by atoms with van der Waals surface area (Å²) in [5, 5.41) is 10.4. The molecule has 33 heavy (non-hydrogen) atoms. The summed E-state index contributed by atoms with van der Waals surface area (Å²) in [6.45, 7) is 3.85. The van der Waals surface area contributed by atoms with Crippen molar-refractivity contribution in [2.45, 2.75) is 33.1 Å². The van der Waals surface area contributed by atoms with Crippen LogP contribution >= 0.6 is 0 Å². The van der Waals surface area contributed by atoms with Gasteiger partial charge in [0.25, 0.3) is 5.56 Å². The predicted molar refractivity (Wildman–Crippen MR) is 120 cm³/mol. The summed E-state index contributed by atoms with van der Waals surface area (Å²) < 4.78 is 27.2. The van der Waals surface area contributed by atoms with E-state index in [4.69, 9.17) is 5.73 Å². The molecule has 0 atom stereocenters. The molecule has 0 unspecified atom stereocenters. The van der Waals surface area contributed by atoms with Gasteiger partial charge in [-0.2, -0.15) is 0 Å². The lowest BCUT2D eigenvalue weighted by Crippen LogP contribution is -2.28. The Hall–Kier alpha value is -3.88. The average Bonchev–Trinajstić information content (AvgIpc) is 2.75. The molecule has 0 amide bonds. The molecule has 3 rings (SSSR count). The van der Waals surface area contributed by atoms with E-state index in [0.717, 1.165) is 6.07 Å². The van der Waals surface area contributed by atoms with Crippen molar-refractivity contribution in [3.63, 3.8) is 0 Å². The first-order valence-corrected chi connectivity index (χ1v) is 10.3. The number of hydrogen-bond acceptors (Lipinski definition) is 6. The van der Waals surface area contributed by atoms with E-state index < -0.39 is 28.5 Å². The first-order valence-electron chi connectivity index (χ1n) is 10.3. The zero-order valence-electron chi connectivity index (χ0n) is 18.1. The van der Waals surface area contributed by atoms with E-state index in [1.165, 1.54) is 30.5 Å². The van der Waals surface area contributed by atoms with Gasteiger partial charge in [-0.25, -0.2) is 13.8 Å². The molecule has 3 aromatic rings. The Kier molecular flexibility index (Phi) is 7.01. The standard InChI is InChI=1S/C24H23F2N3O4/c1-13(2)9-17(30)7-3-14-10-18-22(27)21(24(32)29(33)23(18)28-12-14)20(31)8-5-15-4-6-16(25)11-19(15)26/h3-4,6-7,10-13,33H,5,8-9,27H2,1-2H3/b7-3+. The number of nitrogen functional groups attached to an aromatic ring is 1. The first-order chi connectivity index (χ1) is 15.6. The van der Waals surface area contributed by atoms with Crippen molar-refractivity contribution < 1.29 is 23.6 Å². The number of benzene rings is 1. The number of aryl methyl sites for hydroxylation is 1. The number of rotatable bonds is 8. The maximum atomic E-state index is 13.9. The third-order valence-corrected chi connectivity index (χ3v) is 5.04. The molecule has 0 saturated heterocycles. The number of Topliss-reactive ketones (excluding diaryl/α,β-unsaturated/α-hetero) is 1. The van der Waals surface area contributed by atoms with Crippen molar-refractivity contribution in [1.29, 1.82) is 0 Å². The number of aromatic nitrogens is 2. The highest BCUT2D eigenvalue weighted by Crippen LogP contribution is 2.24. The molecule has 0 saturated carbocycles. The van der Waals surface area contributed by atoms with Crippen molar-refractivity contribution in [3.8, 4) is 0 Å². The van der Waals surface area contributed by atoms with Gasteiger partial charge in [-0.15, -0.1) is 4.73 Å². The normalized spacial score (nSPS) is 11.5. The number of ketones is 2. The molecule has 7 nitrogen and oxygen atoms in total. The highest BCUT2D eigenvalue weighted by Gasteiger charge is 2.22. The number of fused-ring (bicyclic) bond motifs is 1. The van der Waals surface area contributed by atoms with Gasteiger partial charge in [0.1, 0.15) is 17.2 Å². The Morgan fingerprint density at radius 1 is 1.24 bits per heavy atom. The minimum absolute atomic E-state index is 0.0749.